The van der Waals surface area contributed by atoms with Crippen molar-refractivity contribution in [2.75, 3.05) is 0 Å². The van der Waals surface area contributed by atoms with Crippen LogP contribution in [0, 0.1) is 23.2 Å². The van der Waals surface area contributed by atoms with Crippen LogP contribution in [-0.2, 0) is 4.79 Å². The summed E-state index contributed by atoms with van der Waals surface area (Å²) in [5.74, 6) is 2.83. The summed E-state index contributed by atoms with van der Waals surface area (Å²) in [6, 6.07) is 3.96. The highest BCUT2D eigenvalue weighted by Crippen LogP contribution is 2.61. The lowest BCUT2D eigenvalue weighted by molar-refractivity contribution is -0.125. The van der Waals surface area contributed by atoms with Crippen LogP contribution in [0.1, 0.15) is 68.0 Å². The minimum atomic E-state index is 0.0446. The third kappa shape index (κ3) is 3.05. The van der Waals surface area contributed by atoms with Crippen molar-refractivity contribution in [3.05, 3.63) is 22.4 Å². The molecular formula is C20H27NO2S. The molecule has 0 unspecified atom stereocenters. The fourth-order valence-corrected chi connectivity index (χ4v) is 6.66. The summed E-state index contributed by atoms with van der Waals surface area (Å²) >= 11 is 1.45. The van der Waals surface area contributed by atoms with Crippen LogP contribution in [0.25, 0.3) is 0 Å². The van der Waals surface area contributed by atoms with Gasteiger partial charge in [-0.05, 0) is 80.1 Å². The molecule has 24 heavy (non-hydrogen) atoms. The van der Waals surface area contributed by atoms with E-state index in [9.17, 15) is 9.59 Å². The van der Waals surface area contributed by atoms with Gasteiger partial charge in [-0.15, -0.1) is 11.3 Å². The standard InChI is InChI=1S/C20H27NO2S/c1-13(20-10-14-7-15(11-20)9-16(8-14)12-20)21-19(23)5-4-17(22)18-3-2-6-24-18/h2-3,6,13-16H,4-5,7-12H2,1H3,(H,21,23)/t13-,14?,15?,16?,20?/m1/s1. The number of Topliss-reactive ketones (excluding diaryl/α,β-unsaturated/α-hetero) is 1. The minimum Gasteiger partial charge on any atom is -0.353 e. The van der Waals surface area contributed by atoms with Gasteiger partial charge < -0.3 is 5.32 Å². The lowest BCUT2D eigenvalue weighted by Gasteiger charge is -2.59. The van der Waals surface area contributed by atoms with Crippen LogP contribution in [0.3, 0.4) is 0 Å². The zero-order chi connectivity index (χ0) is 16.7. The Bertz CT molecular complexity index is 586. The molecule has 0 saturated heterocycles. The van der Waals surface area contributed by atoms with E-state index in [0.29, 0.717) is 18.3 Å². The van der Waals surface area contributed by atoms with E-state index >= 15 is 0 Å². The van der Waals surface area contributed by atoms with Gasteiger partial charge in [0.15, 0.2) is 5.78 Å². The van der Waals surface area contributed by atoms with Crippen molar-refractivity contribution in [1.82, 2.24) is 5.32 Å². The first-order valence-electron chi connectivity index (χ1n) is 9.40. The average molecular weight is 346 g/mol. The average Bonchev–Trinajstić information content (AvgIpc) is 3.05. The van der Waals surface area contributed by atoms with E-state index in [0.717, 1.165) is 22.6 Å². The Morgan fingerprint density at radius 2 is 1.79 bits per heavy atom. The van der Waals surface area contributed by atoms with E-state index in [1.807, 2.05) is 17.5 Å². The van der Waals surface area contributed by atoms with Gasteiger partial charge in [0, 0.05) is 18.9 Å². The molecule has 1 heterocycles. The fraction of sp³-hybridized carbons (Fsp3) is 0.700. The molecular weight excluding hydrogens is 318 g/mol. The first-order valence-corrected chi connectivity index (χ1v) is 10.3. The number of rotatable bonds is 6. The number of ketones is 1. The highest BCUT2D eigenvalue weighted by atomic mass is 32.1. The molecule has 4 fully saturated rings. The normalized spacial score (nSPS) is 35.0. The number of nitrogens with one attached hydrogen (secondary N) is 1. The predicted octanol–water partition coefficient (Wildman–Crippen LogP) is 4.43. The van der Waals surface area contributed by atoms with Crippen molar-refractivity contribution >= 4 is 23.0 Å². The lowest BCUT2D eigenvalue weighted by atomic mass is 9.48. The largest absolute Gasteiger partial charge is 0.353 e. The van der Waals surface area contributed by atoms with Gasteiger partial charge in [0.05, 0.1) is 4.88 Å². The molecule has 4 bridgehead atoms. The summed E-state index contributed by atoms with van der Waals surface area (Å²) in [4.78, 5) is 25.2. The molecule has 1 amide bonds. The zero-order valence-corrected chi connectivity index (χ0v) is 15.2. The van der Waals surface area contributed by atoms with Gasteiger partial charge in [-0.1, -0.05) is 6.07 Å². The molecule has 5 rings (SSSR count). The van der Waals surface area contributed by atoms with E-state index in [-0.39, 0.29) is 17.7 Å². The smallest absolute Gasteiger partial charge is 0.220 e. The van der Waals surface area contributed by atoms with Gasteiger partial charge in [0.2, 0.25) is 5.91 Å². The first-order chi connectivity index (χ1) is 11.5. The Balaban J connectivity index is 1.32. The van der Waals surface area contributed by atoms with Crippen LogP contribution in [-0.4, -0.2) is 17.7 Å². The van der Waals surface area contributed by atoms with E-state index in [1.165, 1.54) is 49.9 Å². The first kappa shape index (κ1) is 16.3. The SMILES string of the molecule is C[C@@H](NC(=O)CCC(=O)c1cccs1)C12CC3CC(CC(C3)C1)C2. The van der Waals surface area contributed by atoms with Gasteiger partial charge in [-0.25, -0.2) is 0 Å². The third-order valence-corrected chi connectivity index (χ3v) is 7.67. The highest BCUT2D eigenvalue weighted by Gasteiger charge is 2.53. The second kappa shape index (κ2) is 6.29. The minimum absolute atomic E-state index is 0.0446. The van der Waals surface area contributed by atoms with Crippen LogP contribution < -0.4 is 5.32 Å². The third-order valence-electron chi connectivity index (χ3n) is 6.76. The Kier molecular flexibility index (Phi) is 4.27. The summed E-state index contributed by atoms with van der Waals surface area (Å²) in [6.45, 7) is 2.20. The number of carbonyl (C=O) groups is 2. The Hall–Kier alpha value is -1.16. The van der Waals surface area contributed by atoms with Gasteiger partial charge in [0.25, 0.3) is 0 Å². The van der Waals surface area contributed by atoms with Crippen molar-refractivity contribution in [1.29, 1.82) is 0 Å². The van der Waals surface area contributed by atoms with Gasteiger partial charge in [0.1, 0.15) is 0 Å². The Morgan fingerprint density at radius 1 is 1.17 bits per heavy atom. The van der Waals surface area contributed by atoms with Gasteiger partial charge >= 0.3 is 0 Å². The Morgan fingerprint density at radius 3 is 2.33 bits per heavy atom. The summed E-state index contributed by atoms with van der Waals surface area (Å²) in [5.41, 5.74) is 0.335. The molecule has 4 saturated carbocycles. The summed E-state index contributed by atoms with van der Waals surface area (Å²) in [7, 11) is 0. The fourth-order valence-electron chi connectivity index (χ4n) is 5.96. The second-order valence-electron chi connectivity index (χ2n) is 8.47. The quantitative estimate of drug-likeness (QED) is 0.775. The van der Waals surface area contributed by atoms with Gasteiger partial charge in [-0.2, -0.15) is 0 Å². The Labute approximate surface area is 148 Å². The molecule has 4 aliphatic carbocycles. The number of hydrogen-bond acceptors (Lipinski definition) is 3. The zero-order valence-electron chi connectivity index (χ0n) is 14.4. The van der Waals surface area contributed by atoms with Crippen LogP contribution in [0.2, 0.25) is 0 Å². The summed E-state index contributed by atoms with van der Waals surface area (Å²) in [5, 5.41) is 5.15. The molecule has 0 aromatic carbocycles. The second-order valence-corrected chi connectivity index (χ2v) is 9.42. The molecule has 4 aliphatic rings. The van der Waals surface area contributed by atoms with Crippen molar-refractivity contribution in [2.45, 2.75) is 64.3 Å². The van der Waals surface area contributed by atoms with Crippen LogP contribution in [0.15, 0.2) is 17.5 Å². The number of amides is 1. The van der Waals surface area contributed by atoms with Crippen molar-refractivity contribution in [3.8, 4) is 0 Å². The van der Waals surface area contributed by atoms with Crippen molar-refractivity contribution < 1.29 is 9.59 Å². The number of hydrogen-bond donors (Lipinski definition) is 1. The maximum atomic E-state index is 12.4. The molecule has 1 aromatic rings. The molecule has 0 aliphatic heterocycles. The molecule has 1 N–H and O–H groups in total. The van der Waals surface area contributed by atoms with E-state index < -0.39 is 0 Å². The van der Waals surface area contributed by atoms with Crippen LogP contribution in [0.5, 0.6) is 0 Å². The highest BCUT2D eigenvalue weighted by molar-refractivity contribution is 7.12. The van der Waals surface area contributed by atoms with Crippen LogP contribution in [0.4, 0.5) is 0 Å². The van der Waals surface area contributed by atoms with E-state index in [2.05, 4.69) is 12.2 Å². The molecule has 3 nitrogen and oxygen atoms in total. The lowest BCUT2D eigenvalue weighted by Crippen LogP contribution is -2.55. The molecule has 130 valence electrons. The van der Waals surface area contributed by atoms with Crippen LogP contribution >= 0.6 is 11.3 Å². The molecule has 0 radical (unpaired) electrons. The van der Waals surface area contributed by atoms with E-state index in [4.69, 9.17) is 0 Å². The molecule has 1 aromatic heterocycles. The monoisotopic (exact) mass is 345 g/mol. The van der Waals surface area contributed by atoms with E-state index in [1.54, 1.807) is 0 Å². The molecule has 0 spiro atoms. The predicted molar refractivity (Wildman–Crippen MR) is 96.1 cm³/mol. The van der Waals surface area contributed by atoms with Crippen molar-refractivity contribution in [3.63, 3.8) is 0 Å². The summed E-state index contributed by atoms with van der Waals surface area (Å²) in [6.07, 6.45) is 8.81. The number of carbonyl (C=O) groups excluding carboxylic acids is 2. The van der Waals surface area contributed by atoms with Crippen molar-refractivity contribution in [2.24, 2.45) is 23.2 Å². The summed E-state index contributed by atoms with van der Waals surface area (Å²) < 4.78 is 0. The maximum absolute atomic E-state index is 12.4. The topological polar surface area (TPSA) is 46.2 Å². The number of thiophene rings is 1. The maximum Gasteiger partial charge on any atom is 0.220 e. The molecule has 4 heteroatoms. The molecule has 1 atom stereocenters. The van der Waals surface area contributed by atoms with Gasteiger partial charge in [-0.3, -0.25) is 9.59 Å².